The Morgan fingerprint density at radius 2 is 1.51 bits per heavy atom. The fourth-order valence-corrected chi connectivity index (χ4v) is 4.44. The highest BCUT2D eigenvalue weighted by molar-refractivity contribution is 7.80. The van der Waals surface area contributed by atoms with Gasteiger partial charge in [0.15, 0.2) is 5.11 Å². The van der Waals surface area contributed by atoms with Crippen LogP contribution in [0.2, 0.25) is 0 Å². The first-order valence-electron chi connectivity index (χ1n) is 11.4. The number of halogens is 7. The fourth-order valence-electron chi connectivity index (χ4n) is 4.20. The van der Waals surface area contributed by atoms with Crippen molar-refractivity contribution < 1.29 is 35.5 Å². The molecular formula is C25H26F7N3OS. The van der Waals surface area contributed by atoms with Crippen molar-refractivity contribution >= 4 is 28.9 Å². The van der Waals surface area contributed by atoms with Crippen LogP contribution in [0.4, 0.5) is 36.4 Å². The van der Waals surface area contributed by atoms with E-state index in [4.69, 9.17) is 12.2 Å². The van der Waals surface area contributed by atoms with Gasteiger partial charge in [0.1, 0.15) is 11.9 Å². The van der Waals surface area contributed by atoms with Gasteiger partial charge in [-0.2, -0.15) is 26.3 Å². The molecule has 1 amide bonds. The highest BCUT2D eigenvalue weighted by atomic mass is 32.1. The molecule has 0 spiro atoms. The molecule has 0 aromatic heterocycles. The molecule has 2 aromatic carbocycles. The number of hydrogen-bond donors (Lipinski definition) is 2. The number of alkyl halides is 6. The molecule has 12 heteroatoms. The Labute approximate surface area is 215 Å². The van der Waals surface area contributed by atoms with E-state index in [1.165, 1.54) is 12.1 Å². The van der Waals surface area contributed by atoms with Gasteiger partial charge >= 0.3 is 12.4 Å². The summed E-state index contributed by atoms with van der Waals surface area (Å²) in [5, 5.41) is 4.85. The number of hydrogen-bond acceptors (Lipinski definition) is 2. The normalized spacial score (nSPS) is 17.5. The monoisotopic (exact) mass is 549 g/mol. The second-order valence-corrected chi connectivity index (χ2v) is 10.3. The molecule has 2 aromatic rings. The molecule has 1 fully saturated rings. The van der Waals surface area contributed by atoms with E-state index in [1.54, 1.807) is 37.8 Å². The summed E-state index contributed by atoms with van der Waals surface area (Å²) in [6, 6.07) is 5.60. The summed E-state index contributed by atoms with van der Waals surface area (Å²) < 4.78 is 92.6. The molecule has 1 aliphatic rings. The van der Waals surface area contributed by atoms with Gasteiger partial charge in [-0.1, -0.05) is 32.9 Å². The maximum atomic E-state index is 13.6. The smallest absolute Gasteiger partial charge is 0.350 e. The lowest BCUT2D eigenvalue weighted by Crippen LogP contribution is -2.55. The summed E-state index contributed by atoms with van der Waals surface area (Å²) in [6.45, 7) is 5.68. The van der Waals surface area contributed by atoms with Crippen LogP contribution in [0, 0.1) is 11.2 Å². The van der Waals surface area contributed by atoms with Crippen LogP contribution in [0.3, 0.4) is 0 Å². The molecule has 1 aliphatic heterocycles. The number of likely N-dealkylation sites (tertiary alicyclic amines) is 1. The fraction of sp³-hybridized carbons (Fsp3) is 0.440. The first-order chi connectivity index (χ1) is 17.0. The lowest BCUT2D eigenvalue weighted by Gasteiger charge is -2.36. The first-order valence-corrected chi connectivity index (χ1v) is 11.8. The van der Waals surface area contributed by atoms with Gasteiger partial charge in [0.2, 0.25) is 5.91 Å². The van der Waals surface area contributed by atoms with Crippen molar-refractivity contribution in [2.75, 3.05) is 11.9 Å². The molecule has 2 N–H and O–H groups in total. The predicted octanol–water partition coefficient (Wildman–Crippen LogP) is 6.93. The topological polar surface area (TPSA) is 44.4 Å². The third-order valence-corrected chi connectivity index (χ3v) is 6.24. The van der Waals surface area contributed by atoms with Crippen molar-refractivity contribution in [3.05, 3.63) is 65.0 Å². The largest absolute Gasteiger partial charge is 0.416 e. The second kappa shape index (κ2) is 10.5. The Kier molecular flexibility index (Phi) is 8.11. The number of thiocarbonyl (C=S) groups is 1. The molecule has 37 heavy (non-hydrogen) atoms. The van der Waals surface area contributed by atoms with Gasteiger partial charge in [-0.05, 0) is 66.4 Å². The van der Waals surface area contributed by atoms with Crippen LogP contribution in [-0.4, -0.2) is 28.5 Å². The van der Waals surface area contributed by atoms with Crippen molar-refractivity contribution in [1.29, 1.82) is 0 Å². The SMILES string of the molecule is CC(C)(C)C(NC(=S)Nc1cc(C(F)(F)F)cc(C(F)(F)F)c1)C(=O)N1CCC[C@@H]1c1ccc(F)cc1. The molecule has 1 heterocycles. The van der Waals surface area contributed by atoms with Crippen LogP contribution in [0.25, 0.3) is 0 Å². The van der Waals surface area contributed by atoms with E-state index in [1.807, 2.05) is 0 Å². The number of nitrogens with one attached hydrogen (secondary N) is 2. The van der Waals surface area contributed by atoms with E-state index in [0.717, 1.165) is 5.56 Å². The lowest BCUT2D eigenvalue weighted by atomic mass is 9.85. The van der Waals surface area contributed by atoms with Gasteiger partial charge in [-0.25, -0.2) is 4.39 Å². The molecule has 0 bridgehead atoms. The van der Waals surface area contributed by atoms with Crippen molar-refractivity contribution in [2.45, 2.75) is 58.0 Å². The van der Waals surface area contributed by atoms with E-state index in [9.17, 15) is 35.5 Å². The van der Waals surface area contributed by atoms with E-state index >= 15 is 0 Å². The van der Waals surface area contributed by atoms with Crippen LogP contribution in [-0.2, 0) is 17.1 Å². The molecular weight excluding hydrogens is 523 g/mol. The third-order valence-electron chi connectivity index (χ3n) is 6.02. The minimum Gasteiger partial charge on any atom is -0.350 e. The summed E-state index contributed by atoms with van der Waals surface area (Å²) >= 11 is 5.19. The number of rotatable bonds is 4. The number of carbonyl (C=O) groups is 1. The Morgan fingerprint density at radius 3 is 2.00 bits per heavy atom. The highest BCUT2D eigenvalue weighted by Crippen LogP contribution is 2.38. The lowest BCUT2D eigenvalue weighted by molar-refractivity contribution is -0.143. The maximum Gasteiger partial charge on any atom is 0.416 e. The van der Waals surface area contributed by atoms with Gasteiger partial charge in [-0.3, -0.25) is 4.79 Å². The van der Waals surface area contributed by atoms with E-state index < -0.39 is 46.4 Å². The summed E-state index contributed by atoms with van der Waals surface area (Å²) in [6.07, 6.45) is -8.66. The summed E-state index contributed by atoms with van der Waals surface area (Å²) in [5.74, 6) is -0.753. The highest BCUT2D eigenvalue weighted by Gasteiger charge is 2.40. The molecule has 0 aliphatic carbocycles. The van der Waals surface area contributed by atoms with Crippen LogP contribution < -0.4 is 10.6 Å². The van der Waals surface area contributed by atoms with Gasteiger partial charge in [-0.15, -0.1) is 0 Å². The number of nitrogens with zero attached hydrogens (tertiary/aromatic N) is 1. The van der Waals surface area contributed by atoms with Gasteiger partial charge < -0.3 is 15.5 Å². The molecule has 2 atom stereocenters. The molecule has 1 saturated heterocycles. The average molecular weight is 550 g/mol. The van der Waals surface area contributed by atoms with Crippen molar-refractivity contribution in [2.24, 2.45) is 5.41 Å². The predicted molar refractivity (Wildman–Crippen MR) is 129 cm³/mol. The summed E-state index contributed by atoms with van der Waals surface area (Å²) in [7, 11) is 0. The Balaban J connectivity index is 1.84. The molecule has 1 unspecified atom stereocenters. The van der Waals surface area contributed by atoms with Crippen LogP contribution >= 0.6 is 12.2 Å². The van der Waals surface area contributed by atoms with Crippen LogP contribution in [0.5, 0.6) is 0 Å². The summed E-state index contributed by atoms with van der Waals surface area (Å²) in [4.78, 5) is 15.2. The van der Waals surface area contributed by atoms with Gasteiger partial charge in [0.25, 0.3) is 0 Å². The van der Waals surface area contributed by atoms with Crippen molar-refractivity contribution in [3.63, 3.8) is 0 Å². The quantitative estimate of drug-likeness (QED) is 0.321. The standard InChI is InChI=1S/C25H26F7N3OS/c1-23(2,3)20(21(36)35-10-4-5-19(35)14-6-8-17(26)9-7-14)34-22(37)33-18-12-15(24(27,28)29)11-16(13-18)25(30,31)32/h6-9,11-13,19-20H,4-5,10H2,1-3H3,(H2,33,34,37)/t19-,20?/m1/s1. The second-order valence-electron chi connectivity index (χ2n) is 9.93. The Hall–Kier alpha value is -2.89. The number of amides is 1. The zero-order valence-corrected chi connectivity index (χ0v) is 21.0. The Morgan fingerprint density at radius 1 is 0.973 bits per heavy atom. The van der Waals surface area contributed by atoms with E-state index in [0.29, 0.717) is 31.5 Å². The molecule has 4 nitrogen and oxygen atoms in total. The molecule has 202 valence electrons. The Bertz CT molecular complexity index is 1110. The molecule has 3 rings (SSSR count). The van der Waals surface area contributed by atoms with Crippen molar-refractivity contribution in [3.8, 4) is 0 Å². The first kappa shape index (κ1) is 28.7. The van der Waals surface area contributed by atoms with Crippen molar-refractivity contribution in [1.82, 2.24) is 10.2 Å². The number of benzene rings is 2. The molecule has 0 radical (unpaired) electrons. The number of carbonyl (C=O) groups excluding carboxylic acids is 1. The minimum absolute atomic E-state index is 0.0199. The van der Waals surface area contributed by atoms with Crippen LogP contribution in [0.1, 0.15) is 56.3 Å². The third kappa shape index (κ3) is 7.12. The van der Waals surface area contributed by atoms with E-state index in [-0.39, 0.29) is 23.1 Å². The zero-order chi connectivity index (χ0) is 27.8. The minimum atomic E-state index is -5.01. The average Bonchev–Trinajstić information content (AvgIpc) is 3.25. The van der Waals surface area contributed by atoms with Crippen LogP contribution in [0.15, 0.2) is 42.5 Å². The van der Waals surface area contributed by atoms with Gasteiger partial charge in [0.05, 0.1) is 17.2 Å². The zero-order valence-electron chi connectivity index (χ0n) is 20.2. The molecule has 0 saturated carbocycles. The van der Waals surface area contributed by atoms with E-state index in [2.05, 4.69) is 10.6 Å². The number of anilines is 1. The summed E-state index contributed by atoms with van der Waals surface area (Å²) in [5.41, 5.74) is -3.48. The maximum absolute atomic E-state index is 13.6. The van der Waals surface area contributed by atoms with Gasteiger partial charge in [0, 0.05) is 12.2 Å².